The van der Waals surface area contributed by atoms with Gasteiger partial charge in [0, 0.05) is 12.1 Å². The second kappa shape index (κ2) is 7.18. The summed E-state index contributed by atoms with van der Waals surface area (Å²) in [6, 6.07) is 8.19. The van der Waals surface area contributed by atoms with Gasteiger partial charge < -0.3 is 19.9 Å². The van der Waals surface area contributed by atoms with E-state index in [1.54, 1.807) is 37.3 Å². The van der Waals surface area contributed by atoms with E-state index in [0.717, 1.165) is 0 Å². The van der Waals surface area contributed by atoms with Crippen LogP contribution in [0, 0.1) is 6.92 Å². The number of carbonyl (C=O) groups is 1. The minimum Gasteiger partial charge on any atom is -0.465 e. The highest BCUT2D eigenvalue weighted by molar-refractivity contribution is 6.33. The number of nitrogens with zero attached hydrogens (tertiary/aromatic N) is 3. The largest absolute Gasteiger partial charge is 0.465 e. The summed E-state index contributed by atoms with van der Waals surface area (Å²) in [7, 11) is 1.32. The number of ether oxygens (including phenoxy) is 1. The molecule has 2 heterocycles. The molecule has 0 saturated carbocycles. The highest BCUT2D eigenvalue weighted by atomic mass is 35.5. The summed E-state index contributed by atoms with van der Waals surface area (Å²) in [6.07, 6.45) is 1.38. The van der Waals surface area contributed by atoms with Gasteiger partial charge in [-0.3, -0.25) is 0 Å². The van der Waals surface area contributed by atoms with Gasteiger partial charge in [-0.05, 0) is 25.1 Å². The number of aryl methyl sites for hydroxylation is 1. The molecule has 0 saturated heterocycles. The van der Waals surface area contributed by atoms with Gasteiger partial charge in [0.05, 0.1) is 23.4 Å². The Kier molecular flexibility index (Phi) is 4.80. The number of halogens is 1. The highest BCUT2D eigenvalue weighted by Crippen LogP contribution is 2.27. The molecule has 1 aromatic carbocycles. The zero-order valence-electron chi connectivity index (χ0n) is 13.4. The Labute approximate surface area is 148 Å². The Balaban J connectivity index is 1.81. The fourth-order valence-electron chi connectivity index (χ4n) is 2.05. The number of hydrogen-bond acceptors (Lipinski definition) is 8. The fourth-order valence-corrected chi connectivity index (χ4v) is 2.22. The molecule has 0 spiro atoms. The highest BCUT2D eigenvalue weighted by Gasteiger charge is 2.10. The first-order valence-electron chi connectivity index (χ1n) is 7.22. The Morgan fingerprint density at radius 3 is 2.56 bits per heavy atom. The van der Waals surface area contributed by atoms with Crippen LogP contribution in [0.25, 0.3) is 0 Å². The number of esters is 1. The number of benzene rings is 1. The molecule has 0 bridgehead atoms. The second-order valence-electron chi connectivity index (χ2n) is 5.05. The van der Waals surface area contributed by atoms with Crippen molar-refractivity contribution in [2.75, 3.05) is 17.7 Å². The molecule has 8 nitrogen and oxygen atoms in total. The lowest BCUT2D eigenvalue weighted by Crippen LogP contribution is -2.03. The van der Waals surface area contributed by atoms with Crippen molar-refractivity contribution in [1.29, 1.82) is 0 Å². The van der Waals surface area contributed by atoms with Crippen LogP contribution in [0.1, 0.15) is 16.1 Å². The summed E-state index contributed by atoms with van der Waals surface area (Å²) in [5.41, 5.74) is 0.895. The summed E-state index contributed by atoms with van der Waals surface area (Å²) < 4.78 is 9.70. The number of hydrogen-bond donors (Lipinski definition) is 2. The van der Waals surface area contributed by atoms with E-state index in [1.807, 2.05) is 0 Å². The molecule has 0 aliphatic heterocycles. The van der Waals surface area contributed by atoms with Crippen LogP contribution in [0.2, 0.25) is 5.02 Å². The lowest BCUT2D eigenvalue weighted by Gasteiger charge is -2.10. The van der Waals surface area contributed by atoms with Crippen molar-refractivity contribution >= 4 is 40.7 Å². The number of rotatable bonds is 5. The van der Waals surface area contributed by atoms with E-state index in [4.69, 9.17) is 20.9 Å². The molecular weight excluding hydrogens is 346 g/mol. The lowest BCUT2D eigenvalue weighted by atomic mass is 10.2. The van der Waals surface area contributed by atoms with Crippen molar-refractivity contribution in [1.82, 2.24) is 15.1 Å². The maximum Gasteiger partial charge on any atom is 0.337 e. The first-order valence-corrected chi connectivity index (χ1v) is 7.60. The Morgan fingerprint density at radius 2 is 1.88 bits per heavy atom. The Bertz CT molecular complexity index is 912. The van der Waals surface area contributed by atoms with Crippen LogP contribution in [0.3, 0.4) is 0 Å². The maximum absolute atomic E-state index is 11.6. The van der Waals surface area contributed by atoms with Gasteiger partial charge in [-0.25, -0.2) is 14.8 Å². The van der Waals surface area contributed by atoms with Gasteiger partial charge in [0.1, 0.15) is 23.7 Å². The lowest BCUT2D eigenvalue weighted by molar-refractivity contribution is 0.0601. The standard InChI is InChI=1S/C16H14ClN5O3/c1-9-5-15(22-25-9)21-14-7-13(18-8-19-14)20-12-6-10(16(23)24-2)3-4-11(12)17/h3-8H,1-2H3,(H2,18,19,20,21,22). The predicted molar refractivity (Wildman–Crippen MR) is 92.6 cm³/mol. The van der Waals surface area contributed by atoms with Crippen LogP contribution in [-0.4, -0.2) is 28.2 Å². The molecule has 0 fully saturated rings. The third kappa shape index (κ3) is 4.04. The molecule has 2 aromatic heterocycles. The number of methoxy groups -OCH3 is 1. The van der Waals surface area contributed by atoms with Crippen molar-refractivity contribution in [2.24, 2.45) is 0 Å². The third-order valence-electron chi connectivity index (χ3n) is 3.20. The average molecular weight is 360 g/mol. The monoisotopic (exact) mass is 359 g/mol. The van der Waals surface area contributed by atoms with E-state index in [9.17, 15) is 4.79 Å². The molecule has 0 atom stereocenters. The zero-order valence-corrected chi connectivity index (χ0v) is 14.2. The number of aromatic nitrogens is 3. The maximum atomic E-state index is 11.6. The van der Waals surface area contributed by atoms with E-state index < -0.39 is 5.97 Å². The number of carbonyl (C=O) groups excluding carboxylic acids is 1. The average Bonchev–Trinajstić information content (AvgIpc) is 3.01. The van der Waals surface area contributed by atoms with E-state index in [-0.39, 0.29) is 0 Å². The quantitative estimate of drug-likeness (QED) is 0.665. The second-order valence-corrected chi connectivity index (χ2v) is 5.45. The molecule has 0 unspecified atom stereocenters. The normalized spacial score (nSPS) is 10.4. The molecule has 0 amide bonds. The smallest absolute Gasteiger partial charge is 0.337 e. The Morgan fingerprint density at radius 1 is 1.12 bits per heavy atom. The van der Waals surface area contributed by atoms with E-state index in [2.05, 4.69) is 25.8 Å². The van der Waals surface area contributed by atoms with Gasteiger partial charge in [-0.15, -0.1) is 0 Å². The molecule has 0 aliphatic carbocycles. The first-order chi connectivity index (χ1) is 12.0. The summed E-state index contributed by atoms with van der Waals surface area (Å²) in [5.74, 6) is 1.77. The van der Waals surface area contributed by atoms with E-state index >= 15 is 0 Å². The SMILES string of the molecule is COC(=O)c1ccc(Cl)c(Nc2cc(Nc3cc(C)on3)ncn2)c1. The van der Waals surface area contributed by atoms with Crippen LogP contribution in [0.5, 0.6) is 0 Å². The van der Waals surface area contributed by atoms with Gasteiger partial charge in [-0.2, -0.15) is 0 Å². The van der Waals surface area contributed by atoms with Crippen LogP contribution >= 0.6 is 11.6 Å². The van der Waals surface area contributed by atoms with Crippen LogP contribution in [0.15, 0.2) is 41.2 Å². The van der Waals surface area contributed by atoms with Crippen molar-refractivity contribution in [3.05, 3.63) is 53.0 Å². The summed E-state index contributed by atoms with van der Waals surface area (Å²) in [4.78, 5) is 19.9. The van der Waals surface area contributed by atoms with Crippen LogP contribution < -0.4 is 10.6 Å². The molecule has 3 rings (SSSR count). The number of anilines is 4. The third-order valence-corrected chi connectivity index (χ3v) is 3.53. The Hall–Kier alpha value is -3.13. The topological polar surface area (TPSA) is 102 Å². The van der Waals surface area contributed by atoms with Crippen LogP contribution in [-0.2, 0) is 4.74 Å². The predicted octanol–water partition coefficient (Wildman–Crippen LogP) is 3.70. The summed E-state index contributed by atoms with van der Waals surface area (Å²) in [6.45, 7) is 1.79. The number of nitrogens with one attached hydrogen (secondary N) is 2. The van der Waals surface area contributed by atoms with Gasteiger partial charge in [-0.1, -0.05) is 16.8 Å². The molecule has 0 radical (unpaired) electrons. The van der Waals surface area contributed by atoms with Gasteiger partial charge in [0.25, 0.3) is 0 Å². The van der Waals surface area contributed by atoms with Crippen molar-refractivity contribution in [3.63, 3.8) is 0 Å². The molecule has 0 aliphatic rings. The molecule has 3 aromatic rings. The molecule has 2 N–H and O–H groups in total. The minimum atomic E-state index is -0.453. The first kappa shape index (κ1) is 16.7. The van der Waals surface area contributed by atoms with Crippen molar-refractivity contribution < 1.29 is 14.1 Å². The fraction of sp³-hybridized carbons (Fsp3) is 0.125. The van der Waals surface area contributed by atoms with Gasteiger partial charge in [0.15, 0.2) is 5.82 Å². The minimum absolute atomic E-state index is 0.375. The van der Waals surface area contributed by atoms with Crippen LogP contribution in [0.4, 0.5) is 23.1 Å². The zero-order chi connectivity index (χ0) is 17.8. The molecule has 25 heavy (non-hydrogen) atoms. The van der Waals surface area contributed by atoms with Gasteiger partial charge >= 0.3 is 5.97 Å². The van der Waals surface area contributed by atoms with Crippen molar-refractivity contribution in [3.8, 4) is 0 Å². The molecule has 128 valence electrons. The summed E-state index contributed by atoms with van der Waals surface area (Å²) >= 11 is 6.17. The molecular formula is C16H14ClN5O3. The van der Waals surface area contributed by atoms with Gasteiger partial charge in [0.2, 0.25) is 0 Å². The van der Waals surface area contributed by atoms with E-state index in [0.29, 0.717) is 39.5 Å². The summed E-state index contributed by atoms with van der Waals surface area (Å²) in [5, 5.41) is 10.3. The molecule has 9 heteroatoms. The van der Waals surface area contributed by atoms with Crippen molar-refractivity contribution in [2.45, 2.75) is 6.92 Å². The van der Waals surface area contributed by atoms with E-state index in [1.165, 1.54) is 13.4 Å².